The standard InChI is InChI=1S/C27H34N2O2S/c1-32-22-13-11-20(12-14-22)19-27(18-16-26(31)29-27)17-15-25(30)28-24-10-6-5-9-23(24)21-7-3-2-4-8-21/h2-4,7-8,11-14,23-24H,5-6,9-10,15-19H2,1H3,(H,28,30)(H,29,31)/t23-,24+,27+/m0/s1. The first-order valence-corrected chi connectivity index (χ1v) is 13.1. The first kappa shape index (κ1) is 22.9. The van der Waals surface area contributed by atoms with Gasteiger partial charge in [0.2, 0.25) is 11.8 Å². The lowest BCUT2D eigenvalue weighted by atomic mass is 9.79. The van der Waals surface area contributed by atoms with Crippen LogP contribution in [0.2, 0.25) is 0 Å². The zero-order valence-electron chi connectivity index (χ0n) is 18.9. The number of hydrogen-bond donors (Lipinski definition) is 2. The number of amides is 2. The second-order valence-electron chi connectivity index (χ2n) is 9.33. The van der Waals surface area contributed by atoms with Crippen molar-refractivity contribution in [1.82, 2.24) is 10.6 Å². The summed E-state index contributed by atoms with van der Waals surface area (Å²) < 4.78 is 0. The maximum atomic E-state index is 13.0. The van der Waals surface area contributed by atoms with E-state index in [0.29, 0.717) is 25.2 Å². The lowest BCUT2D eigenvalue weighted by Gasteiger charge is -2.33. The molecule has 0 bridgehead atoms. The molecule has 0 unspecified atom stereocenters. The van der Waals surface area contributed by atoms with E-state index in [1.54, 1.807) is 11.8 Å². The van der Waals surface area contributed by atoms with Gasteiger partial charge in [0, 0.05) is 35.2 Å². The number of nitrogens with one attached hydrogen (secondary N) is 2. The fraction of sp³-hybridized carbons (Fsp3) is 0.481. The summed E-state index contributed by atoms with van der Waals surface area (Å²) in [5.41, 5.74) is 2.22. The Hall–Kier alpha value is -2.27. The van der Waals surface area contributed by atoms with E-state index in [1.165, 1.54) is 28.9 Å². The number of hydrogen-bond acceptors (Lipinski definition) is 3. The molecule has 1 saturated carbocycles. The van der Waals surface area contributed by atoms with Gasteiger partial charge in [0.05, 0.1) is 0 Å². The van der Waals surface area contributed by atoms with Crippen molar-refractivity contribution in [1.29, 1.82) is 0 Å². The molecule has 1 aliphatic carbocycles. The largest absolute Gasteiger partial charge is 0.353 e. The molecule has 2 aromatic rings. The molecule has 2 aromatic carbocycles. The number of carbonyl (C=O) groups excluding carboxylic acids is 2. The van der Waals surface area contributed by atoms with E-state index in [4.69, 9.17) is 0 Å². The number of thioether (sulfide) groups is 1. The molecule has 5 heteroatoms. The Labute approximate surface area is 195 Å². The Bertz CT molecular complexity index is 915. The third-order valence-electron chi connectivity index (χ3n) is 7.11. The predicted octanol–water partition coefficient (Wildman–Crippen LogP) is 5.22. The molecular weight excluding hydrogens is 416 g/mol. The Morgan fingerprint density at radius 2 is 1.84 bits per heavy atom. The SMILES string of the molecule is CSc1ccc(C[C@@]2(CCC(=O)N[C@@H]3CCCC[C@H]3c3ccccc3)CCC(=O)N2)cc1. The Kier molecular flexibility index (Phi) is 7.56. The van der Waals surface area contributed by atoms with Crippen molar-refractivity contribution >= 4 is 23.6 Å². The average molecular weight is 451 g/mol. The van der Waals surface area contributed by atoms with Crippen molar-refractivity contribution < 1.29 is 9.59 Å². The summed E-state index contributed by atoms with van der Waals surface area (Å²) >= 11 is 1.73. The van der Waals surface area contributed by atoms with E-state index in [-0.39, 0.29) is 23.4 Å². The van der Waals surface area contributed by atoms with Gasteiger partial charge >= 0.3 is 0 Å². The van der Waals surface area contributed by atoms with Gasteiger partial charge in [0.1, 0.15) is 0 Å². The van der Waals surface area contributed by atoms with Crippen molar-refractivity contribution in [3.63, 3.8) is 0 Å². The number of rotatable bonds is 8. The normalized spacial score (nSPS) is 25.3. The molecule has 0 spiro atoms. The van der Waals surface area contributed by atoms with Crippen LogP contribution in [0, 0.1) is 0 Å². The van der Waals surface area contributed by atoms with Gasteiger partial charge in [0.25, 0.3) is 0 Å². The molecule has 1 saturated heterocycles. The zero-order chi connectivity index (χ0) is 22.4. The summed E-state index contributed by atoms with van der Waals surface area (Å²) in [6.45, 7) is 0. The third kappa shape index (κ3) is 5.74. The summed E-state index contributed by atoms with van der Waals surface area (Å²) in [5, 5.41) is 6.56. The van der Waals surface area contributed by atoms with E-state index in [0.717, 1.165) is 25.7 Å². The van der Waals surface area contributed by atoms with Crippen LogP contribution in [0.1, 0.15) is 68.4 Å². The van der Waals surface area contributed by atoms with E-state index in [1.807, 2.05) is 6.07 Å². The summed E-state index contributed by atoms with van der Waals surface area (Å²) in [6.07, 6.45) is 9.85. The fourth-order valence-electron chi connectivity index (χ4n) is 5.35. The highest BCUT2D eigenvalue weighted by Crippen LogP contribution is 2.34. The molecule has 3 atom stereocenters. The van der Waals surface area contributed by atoms with Gasteiger partial charge in [-0.05, 0) is 61.6 Å². The van der Waals surface area contributed by atoms with Crippen LogP contribution in [0.3, 0.4) is 0 Å². The van der Waals surface area contributed by atoms with Crippen molar-refractivity contribution in [2.75, 3.05) is 6.26 Å². The molecule has 2 aliphatic rings. The van der Waals surface area contributed by atoms with Crippen molar-refractivity contribution in [3.8, 4) is 0 Å². The maximum Gasteiger partial charge on any atom is 0.220 e. The van der Waals surface area contributed by atoms with Crippen molar-refractivity contribution in [2.45, 2.75) is 80.2 Å². The average Bonchev–Trinajstić information content (AvgIpc) is 3.19. The second kappa shape index (κ2) is 10.6. The molecule has 2 N–H and O–H groups in total. The van der Waals surface area contributed by atoms with Crippen LogP contribution < -0.4 is 10.6 Å². The molecule has 0 aromatic heterocycles. The quantitative estimate of drug-likeness (QED) is 0.542. The molecule has 2 fully saturated rings. The third-order valence-corrected chi connectivity index (χ3v) is 7.85. The zero-order valence-corrected chi connectivity index (χ0v) is 19.8. The highest BCUT2D eigenvalue weighted by molar-refractivity contribution is 7.98. The van der Waals surface area contributed by atoms with Crippen molar-refractivity contribution in [2.24, 2.45) is 0 Å². The minimum absolute atomic E-state index is 0.0996. The number of benzene rings is 2. The molecule has 1 heterocycles. The van der Waals surface area contributed by atoms with Gasteiger partial charge < -0.3 is 10.6 Å². The predicted molar refractivity (Wildman–Crippen MR) is 131 cm³/mol. The summed E-state index contributed by atoms with van der Waals surface area (Å²) in [5.74, 6) is 0.600. The van der Waals surface area contributed by atoms with E-state index < -0.39 is 0 Å². The topological polar surface area (TPSA) is 58.2 Å². The van der Waals surface area contributed by atoms with Crippen molar-refractivity contribution in [3.05, 3.63) is 65.7 Å². The van der Waals surface area contributed by atoms with E-state index >= 15 is 0 Å². The highest BCUT2D eigenvalue weighted by Gasteiger charge is 2.38. The van der Waals surface area contributed by atoms with Crippen LogP contribution in [0.4, 0.5) is 0 Å². The molecular formula is C27H34N2O2S. The first-order chi connectivity index (χ1) is 15.6. The molecule has 1 aliphatic heterocycles. The smallest absolute Gasteiger partial charge is 0.220 e. The Morgan fingerprint density at radius 1 is 1.09 bits per heavy atom. The number of carbonyl (C=O) groups is 2. The molecule has 170 valence electrons. The lowest BCUT2D eigenvalue weighted by Crippen LogP contribution is -2.46. The van der Waals surface area contributed by atoms with Gasteiger partial charge in [-0.25, -0.2) is 0 Å². The van der Waals surface area contributed by atoms with Crippen LogP contribution in [0.5, 0.6) is 0 Å². The van der Waals surface area contributed by atoms with Crippen LogP contribution in [-0.4, -0.2) is 29.7 Å². The minimum atomic E-state index is -0.319. The molecule has 4 rings (SSSR count). The van der Waals surface area contributed by atoms with Crippen LogP contribution in [-0.2, 0) is 16.0 Å². The van der Waals surface area contributed by atoms with Crippen LogP contribution >= 0.6 is 11.8 Å². The Morgan fingerprint density at radius 3 is 2.53 bits per heavy atom. The highest BCUT2D eigenvalue weighted by atomic mass is 32.2. The molecule has 4 nitrogen and oxygen atoms in total. The van der Waals surface area contributed by atoms with Crippen LogP contribution in [0.25, 0.3) is 0 Å². The van der Waals surface area contributed by atoms with Gasteiger partial charge in [0.15, 0.2) is 0 Å². The summed E-state index contributed by atoms with van der Waals surface area (Å²) in [6, 6.07) is 19.3. The fourth-order valence-corrected chi connectivity index (χ4v) is 5.76. The molecule has 32 heavy (non-hydrogen) atoms. The van der Waals surface area contributed by atoms with Gasteiger partial charge in [-0.3, -0.25) is 9.59 Å². The maximum absolute atomic E-state index is 13.0. The minimum Gasteiger partial charge on any atom is -0.353 e. The van der Waals surface area contributed by atoms with Crippen LogP contribution in [0.15, 0.2) is 59.5 Å². The van der Waals surface area contributed by atoms with Gasteiger partial charge in [-0.1, -0.05) is 55.3 Å². The van der Waals surface area contributed by atoms with E-state index in [9.17, 15) is 9.59 Å². The van der Waals surface area contributed by atoms with Gasteiger partial charge in [-0.15, -0.1) is 11.8 Å². The summed E-state index contributed by atoms with van der Waals surface area (Å²) in [4.78, 5) is 26.3. The van der Waals surface area contributed by atoms with Gasteiger partial charge in [-0.2, -0.15) is 0 Å². The second-order valence-corrected chi connectivity index (χ2v) is 10.2. The summed E-state index contributed by atoms with van der Waals surface area (Å²) in [7, 11) is 0. The monoisotopic (exact) mass is 450 g/mol. The molecule has 0 radical (unpaired) electrons. The Balaban J connectivity index is 1.38. The van der Waals surface area contributed by atoms with E-state index in [2.05, 4.69) is 65.4 Å². The first-order valence-electron chi connectivity index (χ1n) is 11.9. The lowest BCUT2D eigenvalue weighted by molar-refractivity contribution is -0.123. The molecule has 2 amide bonds.